The molecule has 1 aliphatic rings. The van der Waals surface area contributed by atoms with Crippen LogP contribution in [0.1, 0.15) is 19.3 Å². The minimum atomic E-state index is -2.65. The van der Waals surface area contributed by atoms with Gasteiger partial charge in [0.15, 0.2) is 0 Å². The van der Waals surface area contributed by atoms with Crippen LogP contribution < -0.4 is 5.32 Å². The second-order valence-electron chi connectivity index (χ2n) is 4.19. The maximum Gasteiger partial charge on any atom is 0.265 e. The molecule has 0 saturated carbocycles. The van der Waals surface area contributed by atoms with Crippen molar-refractivity contribution in [2.24, 2.45) is 0 Å². The fourth-order valence-corrected chi connectivity index (χ4v) is 1.89. The molecule has 1 heterocycles. The molecule has 1 aliphatic heterocycles. The molecule has 1 rings (SSSR count). The number of aliphatic hydroxyl groups is 1. The van der Waals surface area contributed by atoms with Crippen molar-refractivity contribution in [2.75, 3.05) is 26.7 Å². The molecular formula is C10H20F2N2O. The number of likely N-dealkylation sites (tertiary alicyclic amines) is 1. The molecule has 15 heavy (non-hydrogen) atoms. The summed E-state index contributed by atoms with van der Waals surface area (Å²) >= 11 is 0. The molecular weight excluding hydrogens is 202 g/mol. The van der Waals surface area contributed by atoms with Crippen LogP contribution in [0.4, 0.5) is 8.78 Å². The lowest BCUT2D eigenvalue weighted by Crippen LogP contribution is -2.45. The van der Waals surface area contributed by atoms with Gasteiger partial charge in [-0.05, 0) is 26.4 Å². The van der Waals surface area contributed by atoms with Crippen LogP contribution in [-0.4, -0.2) is 55.3 Å². The molecule has 2 N–H and O–H groups in total. The smallest absolute Gasteiger partial charge is 0.265 e. The fourth-order valence-electron chi connectivity index (χ4n) is 1.89. The molecule has 0 aromatic heterocycles. The third kappa shape index (κ3) is 4.40. The number of aliphatic hydroxyl groups excluding tert-OH is 1. The first-order chi connectivity index (χ1) is 7.11. The lowest BCUT2D eigenvalue weighted by Gasteiger charge is -2.32. The van der Waals surface area contributed by atoms with Crippen LogP contribution in [0.25, 0.3) is 0 Å². The predicted octanol–water partition coefficient (Wildman–Crippen LogP) is 0.686. The van der Waals surface area contributed by atoms with E-state index in [-0.39, 0.29) is 6.54 Å². The lowest BCUT2D eigenvalue weighted by molar-refractivity contribution is -0.00416. The van der Waals surface area contributed by atoms with Crippen molar-refractivity contribution < 1.29 is 13.9 Å². The predicted molar refractivity (Wildman–Crippen MR) is 55.1 cm³/mol. The van der Waals surface area contributed by atoms with Crippen molar-refractivity contribution in [3.05, 3.63) is 0 Å². The highest BCUT2D eigenvalue weighted by molar-refractivity contribution is 4.76. The van der Waals surface area contributed by atoms with Crippen molar-refractivity contribution in [2.45, 2.75) is 37.8 Å². The maximum absolute atomic E-state index is 12.0. The Morgan fingerprint density at radius 2 is 2.20 bits per heavy atom. The first kappa shape index (κ1) is 12.8. The van der Waals surface area contributed by atoms with Gasteiger partial charge < -0.3 is 15.3 Å². The number of nitrogens with zero attached hydrogens (tertiary/aromatic N) is 1. The molecule has 0 aliphatic carbocycles. The molecule has 0 spiro atoms. The van der Waals surface area contributed by atoms with E-state index in [1.807, 2.05) is 0 Å². The average molecular weight is 222 g/mol. The Morgan fingerprint density at radius 3 is 2.80 bits per heavy atom. The minimum Gasteiger partial charge on any atom is -0.386 e. The summed E-state index contributed by atoms with van der Waals surface area (Å²) in [5, 5.41) is 11.8. The van der Waals surface area contributed by atoms with Crippen LogP contribution in [0.3, 0.4) is 0 Å². The van der Waals surface area contributed by atoms with Crippen LogP contribution >= 0.6 is 0 Å². The van der Waals surface area contributed by atoms with Crippen molar-refractivity contribution in [1.82, 2.24) is 10.2 Å². The van der Waals surface area contributed by atoms with E-state index in [1.165, 1.54) is 12.8 Å². The SMILES string of the molecule is CN1CCCCC1CNCC(O)C(F)F. The van der Waals surface area contributed by atoms with Crippen LogP contribution in [0.5, 0.6) is 0 Å². The summed E-state index contributed by atoms with van der Waals surface area (Å²) in [6, 6.07) is 0.420. The van der Waals surface area contributed by atoms with Gasteiger partial charge in [0.05, 0.1) is 0 Å². The summed E-state index contributed by atoms with van der Waals surface area (Å²) in [6.07, 6.45) is -0.671. The summed E-state index contributed by atoms with van der Waals surface area (Å²) in [4.78, 5) is 2.24. The normalized spacial score (nSPS) is 25.8. The van der Waals surface area contributed by atoms with Gasteiger partial charge in [0.1, 0.15) is 6.10 Å². The maximum atomic E-state index is 12.0. The number of nitrogens with one attached hydrogen (secondary N) is 1. The topological polar surface area (TPSA) is 35.5 Å². The fraction of sp³-hybridized carbons (Fsp3) is 1.00. The molecule has 1 saturated heterocycles. The number of hydrogen-bond acceptors (Lipinski definition) is 3. The van der Waals surface area contributed by atoms with E-state index in [0.29, 0.717) is 12.6 Å². The number of hydrogen-bond donors (Lipinski definition) is 2. The first-order valence-corrected chi connectivity index (χ1v) is 5.48. The Balaban J connectivity index is 2.13. The number of alkyl halides is 2. The van der Waals surface area contributed by atoms with E-state index in [9.17, 15) is 8.78 Å². The average Bonchev–Trinajstić information content (AvgIpc) is 2.20. The van der Waals surface area contributed by atoms with Gasteiger partial charge in [0.25, 0.3) is 6.43 Å². The number of rotatable bonds is 5. The van der Waals surface area contributed by atoms with Gasteiger partial charge in [0, 0.05) is 19.1 Å². The Labute approximate surface area is 89.5 Å². The van der Waals surface area contributed by atoms with Crippen molar-refractivity contribution in [3.8, 4) is 0 Å². The Kier molecular flexibility index (Phi) is 5.42. The van der Waals surface area contributed by atoms with Gasteiger partial charge in [-0.25, -0.2) is 8.78 Å². The summed E-state index contributed by atoms with van der Waals surface area (Å²) < 4.78 is 23.9. The highest BCUT2D eigenvalue weighted by Crippen LogP contribution is 2.13. The third-order valence-electron chi connectivity index (χ3n) is 2.95. The van der Waals surface area contributed by atoms with Gasteiger partial charge in [-0.3, -0.25) is 0 Å². The van der Waals surface area contributed by atoms with E-state index in [2.05, 4.69) is 17.3 Å². The molecule has 0 bridgehead atoms. The number of halogens is 2. The van der Waals surface area contributed by atoms with E-state index >= 15 is 0 Å². The molecule has 0 aromatic rings. The number of likely N-dealkylation sites (N-methyl/N-ethyl adjacent to an activating group) is 1. The molecule has 1 fully saturated rings. The Hall–Kier alpha value is -0.260. The van der Waals surface area contributed by atoms with E-state index < -0.39 is 12.5 Å². The molecule has 3 nitrogen and oxygen atoms in total. The van der Waals surface area contributed by atoms with Crippen LogP contribution in [0, 0.1) is 0 Å². The summed E-state index contributed by atoms with van der Waals surface area (Å²) in [7, 11) is 2.05. The second-order valence-corrected chi connectivity index (χ2v) is 4.19. The molecule has 0 amide bonds. The van der Waals surface area contributed by atoms with Crippen LogP contribution in [0.15, 0.2) is 0 Å². The van der Waals surface area contributed by atoms with Crippen molar-refractivity contribution >= 4 is 0 Å². The van der Waals surface area contributed by atoms with E-state index in [4.69, 9.17) is 5.11 Å². The Bertz CT molecular complexity index is 181. The van der Waals surface area contributed by atoms with Gasteiger partial charge >= 0.3 is 0 Å². The molecule has 5 heteroatoms. The van der Waals surface area contributed by atoms with E-state index in [0.717, 1.165) is 13.0 Å². The monoisotopic (exact) mass is 222 g/mol. The zero-order valence-corrected chi connectivity index (χ0v) is 9.13. The molecule has 0 radical (unpaired) electrons. The largest absolute Gasteiger partial charge is 0.386 e. The highest BCUT2D eigenvalue weighted by atomic mass is 19.3. The molecule has 90 valence electrons. The minimum absolute atomic E-state index is 0.0258. The summed E-state index contributed by atoms with van der Waals surface area (Å²) in [6.45, 7) is 1.73. The Morgan fingerprint density at radius 1 is 1.47 bits per heavy atom. The van der Waals surface area contributed by atoms with Crippen molar-refractivity contribution in [3.63, 3.8) is 0 Å². The van der Waals surface area contributed by atoms with Gasteiger partial charge in [0.2, 0.25) is 0 Å². The van der Waals surface area contributed by atoms with Crippen molar-refractivity contribution in [1.29, 1.82) is 0 Å². The van der Waals surface area contributed by atoms with Gasteiger partial charge in [-0.1, -0.05) is 6.42 Å². The third-order valence-corrected chi connectivity index (χ3v) is 2.95. The second kappa shape index (κ2) is 6.35. The molecule has 0 aromatic carbocycles. The molecule has 2 atom stereocenters. The molecule has 2 unspecified atom stereocenters. The van der Waals surface area contributed by atoms with Gasteiger partial charge in [-0.15, -0.1) is 0 Å². The summed E-state index contributed by atoms with van der Waals surface area (Å²) in [5.41, 5.74) is 0. The highest BCUT2D eigenvalue weighted by Gasteiger charge is 2.20. The summed E-state index contributed by atoms with van der Waals surface area (Å²) in [5.74, 6) is 0. The number of piperidine rings is 1. The quantitative estimate of drug-likeness (QED) is 0.718. The lowest BCUT2D eigenvalue weighted by atomic mass is 10.0. The zero-order valence-electron chi connectivity index (χ0n) is 9.13. The van der Waals surface area contributed by atoms with Crippen LogP contribution in [-0.2, 0) is 0 Å². The van der Waals surface area contributed by atoms with E-state index in [1.54, 1.807) is 0 Å². The van der Waals surface area contributed by atoms with Crippen LogP contribution in [0.2, 0.25) is 0 Å². The van der Waals surface area contributed by atoms with Gasteiger partial charge in [-0.2, -0.15) is 0 Å². The first-order valence-electron chi connectivity index (χ1n) is 5.48. The standard InChI is InChI=1S/C10H20F2N2O/c1-14-5-3-2-4-8(14)6-13-7-9(15)10(11)12/h8-10,13,15H,2-7H2,1H3. The zero-order chi connectivity index (χ0) is 11.3.